The molecular formula is C5H6Br2. The van der Waals surface area contributed by atoms with E-state index < -0.39 is 0 Å². The van der Waals surface area contributed by atoms with Gasteiger partial charge >= 0.3 is 0 Å². The molecule has 0 bridgehead atoms. The third-order valence-corrected chi connectivity index (χ3v) is 0.943. The first kappa shape index (κ1) is 7.44. The van der Waals surface area contributed by atoms with E-state index in [2.05, 4.69) is 31.9 Å². The fraction of sp³-hybridized carbons (Fsp3) is 0.200. The molecule has 0 N–H and O–H groups in total. The zero-order valence-corrected chi connectivity index (χ0v) is 7.16. The monoisotopic (exact) mass is 224 g/mol. The van der Waals surface area contributed by atoms with Crippen LogP contribution >= 0.6 is 31.9 Å². The molecule has 0 atom stereocenters. The van der Waals surface area contributed by atoms with Gasteiger partial charge in [0.1, 0.15) is 0 Å². The predicted molar refractivity (Wildman–Crippen MR) is 40.8 cm³/mol. The molecule has 0 aliphatic carbocycles. The Morgan fingerprint density at radius 1 is 1.43 bits per heavy atom. The van der Waals surface area contributed by atoms with Crippen molar-refractivity contribution in [2.75, 3.05) is 0 Å². The summed E-state index contributed by atoms with van der Waals surface area (Å²) in [5.74, 6) is 0. The van der Waals surface area contributed by atoms with E-state index in [4.69, 9.17) is 0 Å². The van der Waals surface area contributed by atoms with Gasteiger partial charge < -0.3 is 0 Å². The minimum atomic E-state index is 0.970. The molecule has 40 valence electrons. The van der Waals surface area contributed by atoms with Gasteiger partial charge in [-0.25, -0.2) is 0 Å². The number of allylic oxidation sites excluding steroid dienone is 3. The summed E-state index contributed by atoms with van der Waals surface area (Å²) in [6, 6.07) is 0. The Bertz CT molecular complexity index is 88.3. The quantitative estimate of drug-likeness (QED) is 0.602. The lowest BCUT2D eigenvalue weighted by Gasteiger charge is -1.72. The van der Waals surface area contributed by atoms with E-state index in [0.717, 1.165) is 3.39 Å². The average molecular weight is 226 g/mol. The SMILES string of the molecule is C/C=C/C=C(Br)Br. The van der Waals surface area contributed by atoms with E-state index in [0.29, 0.717) is 0 Å². The molecule has 7 heavy (non-hydrogen) atoms. The van der Waals surface area contributed by atoms with E-state index in [9.17, 15) is 0 Å². The summed E-state index contributed by atoms with van der Waals surface area (Å²) in [5.41, 5.74) is 0. The standard InChI is InChI=1S/C5H6Br2/c1-2-3-4-5(6)7/h2-4H,1H3/b3-2+. The first-order valence-corrected chi connectivity index (χ1v) is 3.50. The van der Waals surface area contributed by atoms with Crippen LogP contribution in [0.2, 0.25) is 0 Å². The molecule has 0 amide bonds. The van der Waals surface area contributed by atoms with Crippen LogP contribution in [-0.2, 0) is 0 Å². The van der Waals surface area contributed by atoms with Gasteiger partial charge in [0, 0.05) is 0 Å². The van der Waals surface area contributed by atoms with Gasteiger partial charge in [-0.1, -0.05) is 12.2 Å². The maximum atomic E-state index is 3.20. The second kappa shape index (κ2) is 4.60. The molecule has 0 saturated carbocycles. The van der Waals surface area contributed by atoms with E-state index >= 15 is 0 Å². The van der Waals surface area contributed by atoms with Crippen molar-refractivity contribution in [3.05, 3.63) is 21.6 Å². The second-order valence-corrected chi connectivity index (χ2v) is 3.75. The number of halogens is 2. The van der Waals surface area contributed by atoms with E-state index in [-0.39, 0.29) is 0 Å². The number of hydrogen-bond acceptors (Lipinski definition) is 0. The summed E-state index contributed by atoms with van der Waals surface area (Å²) < 4.78 is 0.970. The van der Waals surface area contributed by atoms with E-state index in [1.165, 1.54) is 0 Å². The van der Waals surface area contributed by atoms with Crippen molar-refractivity contribution in [3.63, 3.8) is 0 Å². The fourth-order valence-electron chi connectivity index (χ4n) is 0.169. The Labute approximate surface area is 60.6 Å². The summed E-state index contributed by atoms with van der Waals surface area (Å²) >= 11 is 6.40. The molecule has 0 aromatic rings. The first-order valence-electron chi connectivity index (χ1n) is 1.91. The van der Waals surface area contributed by atoms with Crippen LogP contribution in [0.3, 0.4) is 0 Å². The minimum absolute atomic E-state index is 0.970. The highest BCUT2D eigenvalue weighted by Gasteiger charge is 1.71. The van der Waals surface area contributed by atoms with Crippen LogP contribution in [0.25, 0.3) is 0 Å². The van der Waals surface area contributed by atoms with Crippen molar-refractivity contribution >= 4 is 31.9 Å². The summed E-state index contributed by atoms with van der Waals surface area (Å²) in [4.78, 5) is 0. The van der Waals surface area contributed by atoms with Crippen molar-refractivity contribution in [3.8, 4) is 0 Å². The molecule has 0 saturated heterocycles. The first-order chi connectivity index (χ1) is 3.27. The van der Waals surface area contributed by atoms with Crippen LogP contribution in [0.15, 0.2) is 21.6 Å². The smallest absolute Gasteiger partial charge is 0.0603 e. The predicted octanol–water partition coefficient (Wildman–Crippen LogP) is 3.19. The lowest BCUT2D eigenvalue weighted by molar-refractivity contribution is 1.74. The van der Waals surface area contributed by atoms with Gasteiger partial charge in [0.15, 0.2) is 0 Å². The minimum Gasteiger partial charge on any atom is -0.0876 e. The van der Waals surface area contributed by atoms with Gasteiger partial charge in [0.2, 0.25) is 0 Å². The fourth-order valence-corrected chi connectivity index (χ4v) is 0.474. The van der Waals surface area contributed by atoms with Crippen molar-refractivity contribution < 1.29 is 0 Å². The van der Waals surface area contributed by atoms with E-state index in [1.807, 2.05) is 25.2 Å². The molecule has 0 aliphatic heterocycles. The lowest BCUT2D eigenvalue weighted by Crippen LogP contribution is -1.45. The topological polar surface area (TPSA) is 0 Å². The Hall–Kier alpha value is 0.440. The Morgan fingerprint density at radius 3 is 2.14 bits per heavy atom. The molecule has 0 nitrogen and oxygen atoms in total. The summed E-state index contributed by atoms with van der Waals surface area (Å²) in [6.07, 6.45) is 5.82. The van der Waals surface area contributed by atoms with Crippen molar-refractivity contribution in [2.45, 2.75) is 6.92 Å². The highest BCUT2D eigenvalue weighted by molar-refractivity contribution is 9.28. The summed E-state index contributed by atoms with van der Waals surface area (Å²) in [6.45, 7) is 1.97. The molecule has 0 rings (SSSR count). The lowest BCUT2D eigenvalue weighted by atomic mass is 10.5. The Morgan fingerprint density at radius 2 is 2.00 bits per heavy atom. The molecule has 0 spiro atoms. The van der Waals surface area contributed by atoms with Crippen molar-refractivity contribution in [1.29, 1.82) is 0 Å². The van der Waals surface area contributed by atoms with Crippen LogP contribution in [0.1, 0.15) is 6.92 Å². The molecule has 2 heteroatoms. The van der Waals surface area contributed by atoms with Crippen LogP contribution in [0, 0.1) is 0 Å². The number of hydrogen-bond donors (Lipinski definition) is 0. The van der Waals surface area contributed by atoms with Gasteiger partial charge in [-0.05, 0) is 44.9 Å². The highest BCUT2D eigenvalue weighted by atomic mass is 79.9. The molecule has 0 unspecified atom stereocenters. The van der Waals surface area contributed by atoms with Gasteiger partial charge in [0.05, 0.1) is 3.39 Å². The molecule has 0 aliphatic rings. The molecule has 0 aromatic heterocycles. The van der Waals surface area contributed by atoms with Gasteiger partial charge in [0.25, 0.3) is 0 Å². The van der Waals surface area contributed by atoms with E-state index in [1.54, 1.807) is 0 Å². The molecule has 0 fully saturated rings. The maximum absolute atomic E-state index is 3.20. The molecular weight excluding hydrogens is 220 g/mol. The normalized spacial score (nSPS) is 9.57. The molecule has 0 heterocycles. The van der Waals surface area contributed by atoms with Gasteiger partial charge in [-0.2, -0.15) is 0 Å². The van der Waals surface area contributed by atoms with Crippen LogP contribution in [0.5, 0.6) is 0 Å². The Kier molecular flexibility index (Phi) is 4.88. The largest absolute Gasteiger partial charge is 0.0876 e. The van der Waals surface area contributed by atoms with Gasteiger partial charge in [-0.3, -0.25) is 0 Å². The highest BCUT2D eigenvalue weighted by Crippen LogP contribution is 2.11. The van der Waals surface area contributed by atoms with Gasteiger partial charge in [-0.15, -0.1) is 0 Å². The van der Waals surface area contributed by atoms with Crippen LogP contribution in [-0.4, -0.2) is 0 Å². The molecule has 0 radical (unpaired) electrons. The maximum Gasteiger partial charge on any atom is 0.0603 e. The third-order valence-electron chi connectivity index (χ3n) is 0.415. The van der Waals surface area contributed by atoms with Crippen LogP contribution in [0.4, 0.5) is 0 Å². The second-order valence-electron chi connectivity index (χ2n) is 0.982. The van der Waals surface area contributed by atoms with Crippen LogP contribution < -0.4 is 0 Å². The third kappa shape index (κ3) is 6.44. The number of rotatable bonds is 1. The average Bonchev–Trinajstić information content (AvgIpc) is 1.61. The molecule has 0 aromatic carbocycles. The summed E-state index contributed by atoms with van der Waals surface area (Å²) in [7, 11) is 0. The van der Waals surface area contributed by atoms with Crippen molar-refractivity contribution in [2.24, 2.45) is 0 Å². The summed E-state index contributed by atoms with van der Waals surface area (Å²) in [5, 5.41) is 0. The zero-order valence-electron chi connectivity index (χ0n) is 3.99. The Balaban J connectivity index is 3.46. The van der Waals surface area contributed by atoms with Crippen molar-refractivity contribution in [1.82, 2.24) is 0 Å². The zero-order chi connectivity index (χ0) is 5.70.